The van der Waals surface area contributed by atoms with Gasteiger partial charge in [0.2, 0.25) is 0 Å². The van der Waals surface area contributed by atoms with Crippen LogP contribution < -0.4 is 0 Å². The van der Waals surface area contributed by atoms with Crippen molar-refractivity contribution in [1.82, 2.24) is 0 Å². The summed E-state index contributed by atoms with van der Waals surface area (Å²) in [7, 11) is 0. The first-order valence-electron chi connectivity index (χ1n) is 3.87. The third-order valence-electron chi connectivity index (χ3n) is 1.13. The molecule has 0 aromatic heterocycles. The van der Waals surface area contributed by atoms with E-state index in [4.69, 9.17) is 4.74 Å². The molecule has 0 aliphatic carbocycles. The van der Waals surface area contributed by atoms with Crippen LogP contribution >= 0.6 is 0 Å². The van der Waals surface area contributed by atoms with Crippen LogP contribution in [0.5, 0.6) is 0 Å². The van der Waals surface area contributed by atoms with E-state index in [9.17, 15) is 4.79 Å². The third kappa shape index (κ3) is 4.50. The summed E-state index contributed by atoms with van der Waals surface area (Å²) in [5.74, 6) is -0.366. The van der Waals surface area contributed by atoms with E-state index in [1.54, 1.807) is 18.2 Å². The Morgan fingerprint density at radius 2 is 2.25 bits per heavy atom. The van der Waals surface area contributed by atoms with Crippen molar-refractivity contribution in [1.29, 1.82) is 0 Å². The summed E-state index contributed by atoms with van der Waals surface area (Å²) in [5, 5.41) is 0. The highest BCUT2D eigenvalue weighted by atomic mass is 16.5. The second-order valence-corrected chi connectivity index (χ2v) is 2.26. The van der Waals surface area contributed by atoms with Crippen LogP contribution in [0.2, 0.25) is 0 Å². The first kappa shape index (κ1) is 10.7. The number of hydrogen-bond donors (Lipinski definition) is 0. The third-order valence-corrected chi connectivity index (χ3v) is 1.13. The summed E-state index contributed by atoms with van der Waals surface area (Å²) in [6.45, 7) is 9.39. The molecule has 2 heteroatoms. The predicted molar refractivity (Wildman–Crippen MR) is 49.7 cm³/mol. The molecule has 0 aromatic carbocycles. The van der Waals surface area contributed by atoms with Crippen molar-refractivity contribution < 1.29 is 9.53 Å². The molecule has 0 bridgehead atoms. The van der Waals surface area contributed by atoms with Gasteiger partial charge in [0.25, 0.3) is 0 Å². The Kier molecular flexibility index (Phi) is 5.70. The normalized spacial score (nSPS) is 9.75. The van der Waals surface area contributed by atoms with Crippen LogP contribution in [-0.2, 0) is 9.53 Å². The lowest BCUT2D eigenvalue weighted by Crippen LogP contribution is -2.05. The molecule has 0 N–H and O–H groups in total. The van der Waals surface area contributed by atoms with E-state index in [2.05, 4.69) is 13.2 Å². The van der Waals surface area contributed by atoms with Gasteiger partial charge in [0.15, 0.2) is 0 Å². The molecule has 0 unspecified atom stereocenters. The minimum Gasteiger partial charge on any atom is -0.462 e. The van der Waals surface area contributed by atoms with Gasteiger partial charge in [-0.1, -0.05) is 32.2 Å². The summed E-state index contributed by atoms with van der Waals surface area (Å²) in [4.78, 5) is 11.0. The van der Waals surface area contributed by atoms with E-state index in [1.165, 1.54) is 0 Å². The highest BCUT2D eigenvalue weighted by molar-refractivity contribution is 5.90. The lowest BCUT2D eigenvalue weighted by molar-refractivity contribution is -0.138. The number of carbonyl (C=O) groups excluding carboxylic acids is 1. The van der Waals surface area contributed by atoms with Gasteiger partial charge in [0.05, 0.1) is 12.2 Å². The van der Waals surface area contributed by atoms with Gasteiger partial charge in [0.1, 0.15) is 0 Å². The molecular formula is C10H14O2. The molecule has 0 rings (SSSR count). The first-order valence-corrected chi connectivity index (χ1v) is 3.87. The van der Waals surface area contributed by atoms with E-state index in [0.29, 0.717) is 12.2 Å². The monoisotopic (exact) mass is 166 g/mol. The zero-order chi connectivity index (χ0) is 9.40. The van der Waals surface area contributed by atoms with E-state index >= 15 is 0 Å². The van der Waals surface area contributed by atoms with Gasteiger partial charge in [-0.25, -0.2) is 4.79 Å². The smallest absolute Gasteiger partial charge is 0.337 e. The molecule has 0 spiro atoms. The SMILES string of the molecule is C=CC=CC(=C)C(=O)OCCC. The number of rotatable bonds is 5. The zero-order valence-corrected chi connectivity index (χ0v) is 7.38. The average Bonchev–Trinajstić information content (AvgIpc) is 2.10. The van der Waals surface area contributed by atoms with Gasteiger partial charge in [0, 0.05) is 0 Å². The maximum absolute atomic E-state index is 11.0. The van der Waals surface area contributed by atoms with Gasteiger partial charge < -0.3 is 4.74 Å². The maximum atomic E-state index is 11.0. The Balaban J connectivity index is 3.85. The van der Waals surface area contributed by atoms with Crippen LogP contribution in [0.1, 0.15) is 13.3 Å². The first-order chi connectivity index (χ1) is 5.72. The van der Waals surface area contributed by atoms with E-state index < -0.39 is 0 Å². The van der Waals surface area contributed by atoms with Gasteiger partial charge in [-0.05, 0) is 12.5 Å². The molecule has 0 aliphatic heterocycles. The van der Waals surface area contributed by atoms with Crippen LogP contribution in [0.4, 0.5) is 0 Å². The molecular weight excluding hydrogens is 152 g/mol. The highest BCUT2D eigenvalue weighted by Gasteiger charge is 2.02. The van der Waals surface area contributed by atoms with Crippen molar-refractivity contribution >= 4 is 5.97 Å². The van der Waals surface area contributed by atoms with Crippen molar-refractivity contribution in [3.05, 3.63) is 37.0 Å². The molecule has 0 heterocycles. The minimum absolute atomic E-state index is 0.350. The fraction of sp³-hybridized carbons (Fsp3) is 0.300. The Morgan fingerprint density at radius 1 is 1.58 bits per heavy atom. The lowest BCUT2D eigenvalue weighted by atomic mass is 10.3. The Hall–Kier alpha value is -1.31. The van der Waals surface area contributed by atoms with Crippen LogP contribution in [-0.4, -0.2) is 12.6 Å². The van der Waals surface area contributed by atoms with Crippen LogP contribution in [0, 0.1) is 0 Å². The molecule has 0 saturated carbocycles. The minimum atomic E-state index is -0.366. The van der Waals surface area contributed by atoms with Crippen molar-refractivity contribution in [3.63, 3.8) is 0 Å². The molecule has 0 atom stereocenters. The summed E-state index contributed by atoms with van der Waals surface area (Å²) in [6.07, 6.45) is 5.63. The van der Waals surface area contributed by atoms with Gasteiger partial charge in [-0.2, -0.15) is 0 Å². The highest BCUT2D eigenvalue weighted by Crippen LogP contribution is 1.97. The van der Waals surface area contributed by atoms with E-state index in [1.807, 2.05) is 6.92 Å². The summed E-state index contributed by atoms with van der Waals surface area (Å²) in [6, 6.07) is 0. The Morgan fingerprint density at radius 3 is 2.75 bits per heavy atom. The van der Waals surface area contributed by atoms with Crippen molar-refractivity contribution in [2.24, 2.45) is 0 Å². The van der Waals surface area contributed by atoms with Crippen LogP contribution in [0.15, 0.2) is 37.0 Å². The van der Waals surface area contributed by atoms with Crippen molar-refractivity contribution in [2.45, 2.75) is 13.3 Å². The Labute approximate surface area is 73.2 Å². The van der Waals surface area contributed by atoms with Gasteiger partial charge in [-0.3, -0.25) is 0 Å². The largest absolute Gasteiger partial charge is 0.462 e. The molecule has 0 amide bonds. The zero-order valence-electron chi connectivity index (χ0n) is 7.38. The molecule has 0 fully saturated rings. The Bertz CT molecular complexity index is 202. The van der Waals surface area contributed by atoms with E-state index in [-0.39, 0.29) is 5.97 Å². The molecule has 12 heavy (non-hydrogen) atoms. The molecule has 0 aliphatic rings. The second kappa shape index (κ2) is 6.40. The molecule has 66 valence electrons. The van der Waals surface area contributed by atoms with Crippen LogP contribution in [0.3, 0.4) is 0 Å². The topological polar surface area (TPSA) is 26.3 Å². The van der Waals surface area contributed by atoms with Crippen LogP contribution in [0.25, 0.3) is 0 Å². The summed E-state index contributed by atoms with van der Waals surface area (Å²) >= 11 is 0. The number of allylic oxidation sites excluding steroid dienone is 2. The summed E-state index contributed by atoms with van der Waals surface area (Å²) < 4.78 is 4.83. The number of carbonyl (C=O) groups is 1. The lowest BCUT2D eigenvalue weighted by Gasteiger charge is -2.00. The molecule has 2 nitrogen and oxygen atoms in total. The van der Waals surface area contributed by atoms with Gasteiger partial charge in [-0.15, -0.1) is 0 Å². The number of esters is 1. The maximum Gasteiger partial charge on any atom is 0.337 e. The predicted octanol–water partition coefficient (Wildman–Crippen LogP) is 2.24. The second-order valence-electron chi connectivity index (χ2n) is 2.26. The molecule has 0 radical (unpaired) electrons. The molecule has 0 saturated heterocycles. The number of ether oxygens (including phenoxy) is 1. The summed E-state index contributed by atoms with van der Waals surface area (Å²) in [5.41, 5.74) is 0.350. The standard InChI is InChI=1S/C10H14O2/c1-4-6-7-9(3)10(11)12-8-5-2/h4,6-7H,1,3,5,8H2,2H3. The number of hydrogen-bond acceptors (Lipinski definition) is 2. The molecule has 0 aromatic rings. The van der Waals surface area contributed by atoms with Gasteiger partial charge >= 0.3 is 5.97 Å². The van der Waals surface area contributed by atoms with E-state index in [0.717, 1.165) is 6.42 Å². The van der Waals surface area contributed by atoms with Crippen molar-refractivity contribution in [3.8, 4) is 0 Å². The fourth-order valence-corrected chi connectivity index (χ4v) is 0.540. The quantitative estimate of drug-likeness (QED) is 0.355. The van der Waals surface area contributed by atoms with Crippen molar-refractivity contribution in [2.75, 3.05) is 6.61 Å². The fourth-order valence-electron chi connectivity index (χ4n) is 0.540. The average molecular weight is 166 g/mol.